The van der Waals surface area contributed by atoms with Crippen LogP contribution >= 0.6 is 0 Å². The molecule has 0 radical (unpaired) electrons. The predicted octanol–water partition coefficient (Wildman–Crippen LogP) is 4.12. The fourth-order valence-electron chi connectivity index (χ4n) is 3.63. The fraction of sp³-hybridized carbons (Fsp3) is 0.867. The quantitative estimate of drug-likeness (QED) is 0.670. The summed E-state index contributed by atoms with van der Waals surface area (Å²) < 4.78 is 27.3. The molecule has 3 heteroatoms. The summed E-state index contributed by atoms with van der Waals surface area (Å²) in [7, 11) is 0. The average Bonchev–Trinajstić information content (AvgIpc) is 2.33. The summed E-state index contributed by atoms with van der Waals surface area (Å²) in [5.74, 6) is 1.56. The summed E-state index contributed by atoms with van der Waals surface area (Å²) in [5.41, 5.74) is 0. The molecule has 4 atom stereocenters. The Kier molecular flexibility index (Phi) is 5.77. The van der Waals surface area contributed by atoms with E-state index in [2.05, 4.69) is 13.5 Å². The second-order valence-electron chi connectivity index (χ2n) is 6.11. The maximum atomic E-state index is 13.7. The second-order valence-corrected chi connectivity index (χ2v) is 6.11. The minimum Gasteiger partial charge on any atom is -0.412 e. The van der Waals surface area contributed by atoms with Crippen LogP contribution in [0.2, 0.25) is 0 Å². The van der Waals surface area contributed by atoms with E-state index < -0.39 is 12.3 Å². The molecule has 2 rings (SSSR count). The van der Waals surface area contributed by atoms with Crippen LogP contribution in [0.4, 0.5) is 8.78 Å². The third-order valence-electron chi connectivity index (χ3n) is 4.89. The first-order valence-corrected chi connectivity index (χ1v) is 7.02. The van der Waals surface area contributed by atoms with Crippen molar-refractivity contribution in [1.29, 1.82) is 0 Å². The smallest absolute Gasteiger partial charge is 0.137 e. The molecule has 0 amide bonds. The van der Waals surface area contributed by atoms with Crippen molar-refractivity contribution in [2.75, 3.05) is 0 Å². The Morgan fingerprint density at radius 2 is 1.67 bits per heavy atom. The lowest BCUT2D eigenvalue weighted by molar-refractivity contribution is 0.0287. The fourth-order valence-corrected chi connectivity index (χ4v) is 3.63. The molecule has 0 heterocycles. The van der Waals surface area contributed by atoms with Crippen molar-refractivity contribution in [3.8, 4) is 0 Å². The number of allylic oxidation sites excluding steroid dienone is 1. The van der Waals surface area contributed by atoms with Crippen molar-refractivity contribution in [2.24, 2.45) is 23.7 Å². The van der Waals surface area contributed by atoms with Gasteiger partial charge in [0.15, 0.2) is 0 Å². The van der Waals surface area contributed by atoms with Crippen LogP contribution in [0, 0.1) is 23.7 Å². The van der Waals surface area contributed by atoms with Gasteiger partial charge in [0.25, 0.3) is 0 Å². The van der Waals surface area contributed by atoms with Crippen molar-refractivity contribution in [3.05, 3.63) is 12.7 Å². The molecule has 2 saturated carbocycles. The van der Waals surface area contributed by atoms with Crippen molar-refractivity contribution in [3.63, 3.8) is 0 Å². The zero-order valence-electron chi connectivity index (χ0n) is 11.2. The van der Waals surface area contributed by atoms with Gasteiger partial charge < -0.3 is 5.48 Å². The number of alkyl halides is 2. The Balaban J connectivity index is 0.00000162. The van der Waals surface area contributed by atoms with E-state index in [9.17, 15) is 8.78 Å². The second kappa shape index (κ2) is 6.65. The van der Waals surface area contributed by atoms with Gasteiger partial charge in [0.1, 0.15) is 12.3 Å². The van der Waals surface area contributed by atoms with Crippen LogP contribution in [-0.4, -0.2) is 17.8 Å². The van der Waals surface area contributed by atoms with Gasteiger partial charge in [-0.05, 0) is 43.4 Å². The minimum absolute atomic E-state index is 0. The standard InChI is InChI=1S/C15H24F2.H2O.H2/c1-3-11-8-13(9-14(16)15(11)17)12-6-4-10(2)5-7-12;;/h3,10-15H,1,4-9H2,2H3;1H2;1H. The van der Waals surface area contributed by atoms with Gasteiger partial charge in [0, 0.05) is 7.34 Å². The van der Waals surface area contributed by atoms with Gasteiger partial charge in [0.05, 0.1) is 0 Å². The van der Waals surface area contributed by atoms with Crippen molar-refractivity contribution >= 4 is 0 Å². The molecule has 0 saturated heterocycles. The minimum atomic E-state index is -1.31. The molecule has 2 aliphatic carbocycles. The molecule has 0 aromatic rings. The molecule has 108 valence electrons. The first-order chi connectivity index (χ1) is 8.11. The van der Waals surface area contributed by atoms with E-state index >= 15 is 0 Å². The van der Waals surface area contributed by atoms with Crippen LogP contribution < -0.4 is 0 Å². The summed E-state index contributed by atoms with van der Waals surface area (Å²) >= 11 is 0. The van der Waals surface area contributed by atoms with E-state index in [1.54, 1.807) is 6.08 Å². The zero-order chi connectivity index (χ0) is 12.4. The van der Waals surface area contributed by atoms with Gasteiger partial charge in [-0.1, -0.05) is 25.8 Å². The molecule has 2 N–H and O–H groups in total. The third-order valence-corrected chi connectivity index (χ3v) is 4.89. The first kappa shape index (κ1) is 15.6. The highest BCUT2D eigenvalue weighted by atomic mass is 19.2. The summed E-state index contributed by atoms with van der Waals surface area (Å²) in [6.07, 6.45) is 5.22. The molecule has 2 fully saturated rings. The van der Waals surface area contributed by atoms with E-state index in [-0.39, 0.29) is 12.8 Å². The number of rotatable bonds is 2. The highest BCUT2D eigenvalue weighted by Gasteiger charge is 2.40. The van der Waals surface area contributed by atoms with Crippen molar-refractivity contribution in [2.45, 2.75) is 57.8 Å². The average molecular weight is 262 g/mol. The van der Waals surface area contributed by atoms with Gasteiger partial charge in [-0.15, -0.1) is 6.58 Å². The molecule has 1 nitrogen and oxygen atoms in total. The van der Waals surface area contributed by atoms with Gasteiger partial charge >= 0.3 is 0 Å². The summed E-state index contributed by atoms with van der Waals surface area (Å²) in [6.45, 7) is 5.95. The molecule has 0 aromatic heterocycles. The lowest BCUT2D eigenvalue weighted by atomic mass is 9.68. The predicted molar refractivity (Wildman–Crippen MR) is 73.1 cm³/mol. The Morgan fingerprint density at radius 1 is 1.06 bits per heavy atom. The summed E-state index contributed by atoms with van der Waals surface area (Å²) in [4.78, 5) is 0. The summed E-state index contributed by atoms with van der Waals surface area (Å²) in [6, 6.07) is 0. The Hall–Kier alpha value is -0.440. The van der Waals surface area contributed by atoms with Crippen molar-refractivity contribution in [1.82, 2.24) is 0 Å². The topological polar surface area (TPSA) is 31.5 Å². The largest absolute Gasteiger partial charge is 0.412 e. The van der Waals surface area contributed by atoms with Crippen LogP contribution in [0.5, 0.6) is 0 Å². The molecule has 0 aliphatic heterocycles. The Labute approximate surface area is 110 Å². The lowest BCUT2D eigenvalue weighted by Gasteiger charge is -2.39. The molecule has 0 bridgehead atoms. The monoisotopic (exact) mass is 262 g/mol. The van der Waals surface area contributed by atoms with Crippen LogP contribution in [0.15, 0.2) is 12.7 Å². The number of hydrogen-bond acceptors (Lipinski definition) is 0. The molecule has 0 aromatic carbocycles. The number of halogens is 2. The molecule has 2 aliphatic rings. The molecule has 18 heavy (non-hydrogen) atoms. The normalized spacial score (nSPS) is 45.1. The molecular formula is C15H28F2O. The Bertz CT molecular complexity index is 267. The maximum Gasteiger partial charge on any atom is 0.137 e. The van der Waals surface area contributed by atoms with E-state index in [1.165, 1.54) is 25.7 Å². The van der Waals surface area contributed by atoms with Crippen LogP contribution in [0.25, 0.3) is 0 Å². The van der Waals surface area contributed by atoms with E-state index in [0.29, 0.717) is 18.3 Å². The van der Waals surface area contributed by atoms with Gasteiger partial charge in [0.2, 0.25) is 0 Å². The van der Waals surface area contributed by atoms with E-state index in [0.717, 1.165) is 12.3 Å². The van der Waals surface area contributed by atoms with Crippen LogP contribution in [-0.2, 0) is 0 Å². The molecule has 4 unspecified atom stereocenters. The highest BCUT2D eigenvalue weighted by molar-refractivity contribution is 4.96. The first-order valence-electron chi connectivity index (χ1n) is 7.02. The van der Waals surface area contributed by atoms with Gasteiger partial charge in [-0.2, -0.15) is 0 Å². The van der Waals surface area contributed by atoms with Crippen LogP contribution in [0.1, 0.15) is 46.9 Å². The number of hydrogen-bond donors (Lipinski definition) is 0. The molecule has 0 spiro atoms. The maximum absolute atomic E-state index is 13.7. The van der Waals surface area contributed by atoms with E-state index in [4.69, 9.17) is 0 Å². The Morgan fingerprint density at radius 3 is 2.22 bits per heavy atom. The highest BCUT2D eigenvalue weighted by Crippen LogP contribution is 2.43. The third kappa shape index (κ3) is 3.31. The van der Waals surface area contributed by atoms with Crippen molar-refractivity contribution < 1.29 is 15.7 Å². The summed E-state index contributed by atoms with van der Waals surface area (Å²) in [5, 5.41) is 0. The lowest BCUT2D eigenvalue weighted by Crippen LogP contribution is -2.38. The van der Waals surface area contributed by atoms with E-state index in [1.807, 2.05) is 0 Å². The SMILES string of the molecule is C=CC1CC(C2CCC(C)CC2)CC(F)C1F.O.[HH]. The molecular weight excluding hydrogens is 234 g/mol. The van der Waals surface area contributed by atoms with Gasteiger partial charge in [-0.25, -0.2) is 8.78 Å². The van der Waals surface area contributed by atoms with Crippen LogP contribution in [0.3, 0.4) is 0 Å². The van der Waals surface area contributed by atoms with Gasteiger partial charge in [-0.3, -0.25) is 0 Å². The zero-order valence-corrected chi connectivity index (χ0v) is 11.2.